The molecule has 1 N–H and O–H groups in total. The average Bonchev–Trinajstić information content (AvgIpc) is 3.00. The lowest BCUT2D eigenvalue weighted by Crippen LogP contribution is -2.43. The minimum absolute atomic E-state index is 0.00847. The summed E-state index contributed by atoms with van der Waals surface area (Å²) in [6, 6.07) is 14.3. The maximum absolute atomic E-state index is 12.0. The van der Waals surface area contributed by atoms with Gasteiger partial charge in [0.1, 0.15) is 5.75 Å². The maximum atomic E-state index is 12.0. The molecule has 10 nitrogen and oxygen atoms in total. The molecular formula is C31H47BrN2O8S. The maximum Gasteiger partial charge on any atom is 0.297 e. The highest BCUT2D eigenvalue weighted by atomic mass is 79.9. The molecule has 0 spiro atoms. The van der Waals surface area contributed by atoms with Gasteiger partial charge < -0.3 is 24.4 Å². The van der Waals surface area contributed by atoms with E-state index in [2.05, 4.69) is 21.2 Å². The summed E-state index contributed by atoms with van der Waals surface area (Å²) in [5, 5.41) is 3.22. The number of ether oxygens (including phenoxy) is 3. The molecule has 12 heteroatoms. The minimum atomic E-state index is -3.63. The van der Waals surface area contributed by atoms with Crippen LogP contribution in [0.2, 0.25) is 0 Å². The van der Waals surface area contributed by atoms with Crippen LogP contribution in [0.3, 0.4) is 0 Å². The number of amides is 1. The van der Waals surface area contributed by atoms with E-state index in [9.17, 15) is 18.0 Å². The molecule has 2 unspecified atom stereocenters. The van der Waals surface area contributed by atoms with Crippen LogP contribution in [0.5, 0.6) is 5.75 Å². The highest BCUT2D eigenvalue weighted by Gasteiger charge is 2.36. The first-order valence-electron chi connectivity index (χ1n) is 14.3. The second-order valence-electron chi connectivity index (χ2n) is 9.60. The number of methoxy groups -OCH3 is 3. The van der Waals surface area contributed by atoms with Gasteiger partial charge in [-0.05, 0) is 57.9 Å². The van der Waals surface area contributed by atoms with Gasteiger partial charge in [-0.3, -0.25) is 13.8 Å². The van der Waals surface area contributed by atoms with Gasteiger partial charge in [-0.1, -0.05) is 46.1 Å². The normalized spacial score (nSPS) is 16.2. The van der Waals surface area contributed by atoms with Crippen molar-refractivity contribution < 1.29 is 36.4 Å². The summed E-state index contributed by atoms with van der Waals surface area (Å²) in [4.78, 5) is 25.6. The van der Waals surface area contributed by atoms with Gasteiger partial charge in [0, 0.05) is 45.6 Å². The Morgan fingerprint density at radius 1 is 0.977 bits per heavy atom. The quantitative estimate of drug-likeness (QED) is 0.133. The zero-order chi connectivity index (χ0) is 32.3. The van der Waals surface area contributed by atoms with Crippen LogP contribution >= 0.6 is 15.9 Å². The Balaban J connectivity index is 0.000000324. The SMILES string of the molecule is CCN(CC)C(=O)C1CCCC(Br)C1=O.COCCNc1cccc(OC)c1.COCCOS(=O)(=O)c1ccc(C)cc1. The van der Waals surface area contributed by atoms with Gasteiger partial charge in [0.2, 0.25) is 5.91 Å². The number of hydrogen-bond acceptors (Lipinski definition) is 9. The number of aryl methyl sites for hydroxylation is 1. The molecule has 1 fully saturated rings. The van der Waals surface area contributed by atoms with Crippen LogP contribution in [0.15, 0.2) is 53.4 Å². The molecule has 1 amide bonds. The summed E-state index contributed by atoms with van der Waals surface area (Å²) in [5.41, 5.74) is 2.06. The largest absolute Gasteiger partial charge is 0.497 e. The molecular weight excluding hydrogens is 640 g/mol. The van der Waals surface area contributed by atoms with Crippen molar-refractivity contribution in [2.24, 2.45) is 5.92 Å². The van der Waals surface area contributed by atoms with Crippen LogP contribution in [0.25, 0.3) is 0 Å². The van der Waals surface area contributed by atoms with E-state index in [1.807, 2.05) is 45.0 Å². The monoisotopic (exact) mass is 686 g/mol. The van der Waals surface area contributed by atoms with Gasteiger partial charge >= 0.3 is 0 Å². The number of alkyl halides is 1. The highest BCUT2D eigenvalue weighted by molar-refractivity contribution is 9.10. The van der Waals surface area contributed by atoms with Crippen molar-refractivity contribution in [3.63, 3.8) is 0 Å². The number of halogens is 1. The van der Waals surface area contributed by atoms with Crippen molar-refractivity contribution in [3.8, 4) is 5.75 Å². The Morgan fingerprint density at radius 3 is 2.21 bits per heavy atom. The Hall–Kier alpha value is -2.51. The third-order valence-corrected chi connectivity index (χ3v) is 8.75. The second kappa shape index (κ2) is 21.2. The molecule has 0 heterocycles. The predicted molar refractivity (Wildman–Crippen MR) is 173 cm³/mol. The van der Waals surface area contributed by atoms with E-state index in [0.29, 0.717) is 19.7 Å². The molecule has 242 valence electrons. The number of anilines is 1. The Labute approximate surface area is 265 Å². The average molecular weight is 688 g/mol. The standard InChI is InChI=1S/C11H18BrNO2.C10H15NO2.C10H14O4S/c1-3-13(4-2)11(15)8-6-5-7-9(12)10(8)14;1-12-7-6-11-9-4-3-5-10(8-9)13-2;1-9-3-5-10(6-4-9)15(11,12)14-8-7-13-2/h8-9H,3-7H2,1-2H3;3-5,8,11H,6-7H2,1-2H3;3-6H,7-8H2,1-2H3. The molecule has 2 aromatic carbocycles. The van der Waals surface area contributed by atoms with E-state index in [1.54, 1.807) is 31.3 Å². The molecule has 2 aromatic rings. The summed E-state index contributed by atoms with van der Waals surface area (Å²) >= 11 is 3.34. The van der Waals surface area contributed by atoms with Gasteiger partial charge in [0.15, 0.2) is 5.78 Å². The Kier molecular flexibility index (Phi) is 19.0. The lowest BCUT2D eigenvalue weighted by Gasteiger charge is -2.28. The number of benzene rings is 2. The lowest BCUT2D eigenvalue weighted by molar-refractivity contribution is -0.142. The third-order valence-electron chi connectivity index (χ3n) is 6.52. The summed E-state index contributed by atoms with van der Waals surface area (Å²) in [5.74, 6) is 0.540. The highest BCUT2D eigenvalue weighted by Crippen LogP contribution is 2.27. The van der Waals surface area contributed by atoms with E-state index in [4.69, 9.17) is 18.4 Å². The van der Waals surface area contributed by atoms with E-state index in [-0.39, 0.29) is 34.6 Å². The van der Waals surface area contributed by atoms with Crippen LogP contribution in [0.4, 0.5) is 5.69 Å². The van der Waals surface area contributed by atoms with E-state index in [0.717, 1.165) is 42.8 Å². The smallest absolute Gasteiger partial charge is 0.297 e. The second-order valence-corrected chi connectivity index (χ2v) is 12.3. The van der Waals surface area contributed by atoms with Gasteiger partial charge in [-0.15, -0.1) is 0 Å². The lowest BCUT2D eigenvalue weighted by atomic mass is 9.87. The van der Waals surface area contributed by atoms with Gasteiger partial charge in [0.05, 0.1) is 42.6 Å². The summed E-state index contributed by atoms with van der Waals surface area (Å²) < 4.78 is 42.5. The Bertz CT molecular complexity index is 1190. The van der Waals surface area contributed by atoms with Crippen molar-refractivity contribution in [1.82, 2.24) is 4.90 Å². The van der Waals surface area contributed by atoms with Crippen LogP contribution in [-0.2, 0) is 33.4 Å². The van der Waals surface area contributed by atoms with Crippen molar-refractivity contribution in [2.45, 2.75) is 49.8 Å². The number of carbonyl (C=O) groups excluding carboxylic acids is 2. The fourth-order valence-corrected chi connectivity index (χ4v) is 5.57. The predicted octanol–water partition coefficient (Wildman–Crippen LogP) is 5.09. The minimum Gasteiger partial charge on any atom is -0.497 e. The molecule has 0 saturated heterocycles. The molecule has 43 heavy (non-hydrogen) atoms. The summed E-state index contributed by atoms with van der Waals surface area (Å²) in [6.07, 6.45) is 2.54. The number of nitrogens with one attached hydrogen (secondary N) is 1. The van der Waals surface area contributed by atoms with Crippen LogP contribution in [0.1, 0.15) is 38.7 Å². The molecule has 1 aliphatic carbocycles. The van der Waals surface area contributed by atoms with Crippen LogP contribution in [-0.4, -0.2) is 90.6 Å². The van der Waals surface area contributed by atoms with Crippen molar-refractivity contribution in [3.05, 3.63) is 54.1 Å². The van der Waals surface area contributed by atoms with Crippen LogP contribution in [0, 0.1) is 12.8 Å². The molecule has 0 bridgehead atoms. The van der Waals surface area contributed by atoms with Gasteiger partial charge in [-0.25, -0.2) is 0 Å². The van der Waals surface area contributed by atoms with Crippen LogP contribution < -0.4 is 10.1 Å². The topological polar surface area (TPSA) is 120 Å². The fraction of sp³-hybridized carbons (Fsp3) is 0.548. The number of hydrogen-bond donors (Lipinski definition) is 1. The van der Waals surface area contributed by atoms with Crippen molar-refractivity contribution in [1.29, 1.82) is 0 Å². The zero-order valence-electron chi connectivity index (χ0n) is 26.1. The van der Waals surface area contributed by atoms with Gasteiger partial charge in [0.25, 0.3) is 10.1 Å². The zero-order valence-corrected chi connectivity index (χ0v) is 28.5. The van der Waals surface area contributed by atoms with Crippen molar-refractivity contribution in [2.75, 3.05) is 66.1 Å². The molecule has 0 aromatic heterocycles. The van der Waals surface area contributed by atoms with Crippen molar-refractivity contribution >= 4 is 43.4 Å². The molecule has 1 saturated carbocycles. The number of nitrogens with zero attached hydrogens (tertiary/aromatic N) is 1. The molecule has 1 aliphatic rings. The van der Waals surface area contributed by atoms with E-state index in [1.165, 1.54) is 19.2 Å². The number of rotatable bonds is 13. The summed E-state index contributed by atoms with van der Waals surface area (Å²) in [6.45, 7) is 8.96. The number of carbonyl (C=O) groups is 2. The number of ketones is 1. The van der Waals surface area contributed by atoms with E-state index >= 15 is 0 Å². The van der Waals surface area contributed by atoms with E-state index < -0.39 is 16.0 Å². The first kappa shape index (κ1) is 38.5. The molecule has 2 atom stereocenters. The number of Topliss-reactive ketones (excluding diaryl/α,β-unsaturated/α-hetero) is 1. The molecule has 3 rings (SSSR count). The first-order valence-corrected chi connectivity index (χ1v) is 16.6. The summed E-state index contributed by atoms with van der Waals surface area (Å²) in [7, 11) is 1.21. The fourth-order valence-electron chi connectivity index (χ4n) is 4.04. The van der Waals surface area contributed by atoms with Gasteiger partial charge in [-0.2, -0.15) is 8.42 Å². The Morgan fingerprint density at radius 2 is 1.63 bits per heavy atom. The molecule has 0 aliphatic heterocycles. The molecule has 0 radical (unpaired) electrons. The first-order chi connectivity index (χ1) is 20.5. The third kappa shape index (κ3) is 14.2.